The molecule has 0 aromatic carbocycles. The van der Waals surface area contributed by atoms with E-state index < -0.39 is 0 Å². The Labute approximate surface area is 111 Å². The predicted octanol–water partition coefficient (Wildman–Crippen LogP) is 2.58. The van der Waals surface area contributed by atoms with Crippen LogP contribution in [0.1, 0.15) is 58.8 Å². The predicted molar refractivity (Wildman–Crippen MR) is 72.2 cm³/mol. The number of aliphatic hydroxyl groups is 1. The minimum Gasteiger partial charge on any atom is -0.394 e. The maximum Gasteiger partial charge on any atom is 0.229 e. The van der Waals surface area contributed by atoms with E-state index in [0.717, 1.165) is 38.6 Å². The standard InChI is InChI=1S/C15H27NO2/c1-12(2)10-15(7-3-4-8-15)14(18)16-9-5-6-13(16)11-17/h12-13,17H,3-11H2,1-2H3/t13-/m0/s1. The van der Waals surface area contributed by atoms with Crippen LogP contribution in [0.3, 0.4) is 0 Å². The maximum absolute atomic E-state index is 12.9. The van der Waals surface area contributed by atoms with Crippen molar-refractivity contribution in [2.24, 2.45) is 11.3 Å². The van der Waals surface area contributed by atoms with Gasteiger partial charge in [-0.25, -0.2) is 0 Å². The molecule has 0 spiro atoms. The van der Waals surface area contributed by atoms with Crippen LogP contribution in [0, 0.1) is 11.3 Å². The summed E-state index contributed by atoms with van der Waals surface area (Å²) in [5, 5.41) is 9.40. The molecule has 2 rings (SSSR count). The average Bonchev–Trinajstić information content (AvgIpc) is 2.95. The van der Waals surface area contributed by atoms with Crippen molar-refractivity contribution in [3.63, 3.8) is 0 Å². The highest BCUT2D eigenvalue weighted by Gasteiger charge is 2.45. The number of nitrogens with zero attached hydrogens (tertiary/aromatic N) is 1. The van der Waals surface area contributed by atoms with Crippen molar-refractivity contribution in [1.82, 2.24) is 4.90 Å². The first-order valence-corrected chi connectivity index (χ1v) is 7.51. The third-order valence-electron chi connectivity index (χ3n) is 4.66. The zero-order chi connectivity index (χ0) is 13.2. The molecule has 0 unspecified atom stereocenters. The molecule has 1 heterocycles. The van der Waals surface area contributed by atoms with Gasteiger partial charge in [-0.1, -0.05) is 26.7 Å². The molecule has 3 heteroatoms. The molecule has 3 nitrogen and oxygen atoms in total. The fraction of sp³-hybridized carbons (Fsp3) is 0.933. The molecule has 1 atom stereocenters. The summed E-state index contributed by atoms with van der Waals surface area (Å²) >= 11 is 0. The van der Waals surface area contributed by atoms with Crippen molar-refractivity contribution in [3.05, 3.63) is 0 Å². The smallest absolute Gasteiger partial charge is 0.229 e. The summed E-state index contributed by atoms with van der Waals surface area (Å²) in [5.74, 6) is 0.910. The van der Waals surface area contributed by atoms with Crippen LogP contribution in [0.25, 0.3) is 0 Å². The lowest BCUT2D eigenvalue weighted by Gasteiger charge is -2.36. The molecule has 1 saturated carbocycles. The Bertz CT molecular complexity index is 295. The lowest BCUT2D eigenvalue weighted by atomic mass is 9.77. The molecule has 1 aliphatic carbocycles. The minimum atomic E-state index is -0.105. The second-order valence-electron chi connectivity index (χ2n) is 6.56. The van der Waals surface area contributed by atoms with E-state index in [1.165, 1.54) is 12.8 Å². The fourth-order valence-corrected chi connectivity index (χ4v) is 3.94. The topological polar surface area (TPSA) is 40.5 Å². The molecule has 1 aliphatic heterocycles. The van der Waals surface area contributed by atoms with Crippen molar-refractivity contribution in [2.45, 2.75) is 64.8 Å². The Kier molecular flexibility index (Phi) is 4.31. The second kappa shape index (κ2) is 5.60. The molecule has 18 heavy (non-hydrogen) atoms. The summed E-state index contributed by atoms with van der Waals surface area (Å²) in [6, 6.07) is 0.0853. The molecule has 104 valence electrons. The van der Waals surface area contributed by atoms with Crippen LogP contribution < -0.4 is 0 Å². The normalized spacial score (nSPS) is 27.1. The van der Waals surface area contributed by atoms with Gasteiger partial charge < -0.3 is 10.0 Å². The van der Waals surface area contributed by atoms with Crippen LogP contribution >= 0.6 is 0 Å². The summed E-state index contributed by atoms with van der Waals surface area (Å²) in [4.78, 5) is 14.9. The summed E-state index contributed by atoms with van der Waals surface area (Å²) < 4.78 is 0. The molecular formula is C15H27NO2. The van der Waals surface area contributed by atoms with Gasteiger partial charge in [0.15, 0.2) is 0 Å². The summed E-state index contributed by atoms with van der Waals surface area (Å²) in [5.41, 5.74) is -0.105. The van der Waals surface area contributed by atoms with Crippen molar-refractivity contribution in [1.29, 1.82) is 0 Å². The van der Waals surface area contributed by atoms with Crippen LogP contribution in [0.4, 0.5) is 0 Å². The molecule has 0 aromatic heterocycles. The third-order valence-corrected chi connectivity index (χ3v) is 4.66. The number of carbonyl (C=O) groups excluding carboxylic acids is 1. The molecule has 0 aromatic rings. The minimum absolute atomic E-state index is 0.0853. The van der Waals surface area contributed by atoms with Gasteiger partial charge in [-0.15, -0.1) is 0 Å². The largest absolute Gasteiger partial charge is 0.394 e. The van der Waals surface area contributed by atoms with Gasteiger partial charge in [0.1, 0.15) is 0 Å². The van der Waals surface area contributed by atoms with Gasteiger partial charge in [-0.05, 0) is 38.0 Å². The second-order valence-corrected chi connectivity index (χ2v) is 6.56. The van der Waals surface area contributed by atoms with Gasteiger partial charge in [0.05, 0.1) is 12.6 Å². The number of hydrogen-bond donors (Lipinski definition) is 1. The Hall–Kier alpha value is -0.570. The molecule has 2 fully saturated rings. The van der Waals surface area contributed by atoms with Gasteiger partial charge in [0, 0.05) is 12.0 Å². The van der Waals surface area contributed by atoms with Gasteiger partial charge in [-0.3, -0.25) is 4.79 Å². The molecule has 1 amide bonds. The van der Waals surface area contributed by atoms with E-state index in [4.69, 9.17) is 0 Å². The van der Waals surface area contributed by atoms with E-state index in [2.05, 4.69) is 13.8 Å². The molecule has 0 radical (unpaired) electrons. The van der Waals surface area contributed by atoms with Crippen molar-refractivity contribution in [2.75, 3.05) is 13.2 Å². The first-order chi connectivity index (χ1) is 8.59. The van der Waals surface area contributed by atoms with Crippen LogP contribution in [0.15, 0.2) is 0 Å². The molecule has 2 aliphatic rings. The van der Waals surface area contributed by atoms with E-state index in [1.807, 2.05) is 4.90 Å². The highest BCUT2D eigenvalue weighted by molar-refractivity contribution is 5.83. The summed E-state index contributed by atoms with van der Waals surface area (Å²) in [6.45, 7) is 5.40. The third kappa shape index (κ3) is 2.56. The van der Waals surface area contributed by atoms with E-state index >= 15 is 0 Å². The van der Waals surface area contributed by atoms with Gasteiger partial charge in [0.25, 0.3) is 0 Å². The van der Waals surface area contributed by atoms with Crippen LogP contribution in [0.2, 0.25) is 0 Å². The van der Waals surface area contributed by atoms with Gasteiger partial charge >= 0.3 is 0 Å². The highest BCUT2D eigenvalue weighted by atomic mass is 16.3. The van der Waals surface area contributed by atoms with Crippen LogP contribution in [0.5, 0.6) is 0 Å². The number of hydrogen-bond acceptors (Lipinski definition) is 2. The van der Waals surface area contributed by atoms with E-state index in [0.29, 0.717) is 11.8 Å². The summed E-state index contributed by atoms with van der Waals surface area (Å²) in [7, 11) is 0. The highest BCUT2D eigenvalue weighted by Crippen LogP contribution is 2.45. The maximum atomic E-state index is 12.9. The number of rotatable bonds is 4. The van der Waals surface area contributed by atoms with Crippen molar-refractivity contribution in [3.8, 4) is 0 Å². The van der Waals surface area contributed by atoms with E-state index in [-0.39, 0.29) is 18.1 Å². The summed E-state index contributed by atoms with van der Waals surface area (Å²) in [6.07, 6.45) is 7.53. The SMILES string of the molecule is CC(C)CC1(C(=O)N2CCC[C@H]2CO)CCCC1. The van der Waals surface area contributed by atoms with Crippen LogP contribution in [-0.2, 0) is 4.79 Å². The first kappa shape index (κ1) is 13.9. The zero-order valence-corrected chi connectivity index (χ0v) is 11.8. The number of aliphatic hydroxyl groups excluding tert-OH is 1. The van der Waals surface area contributed by atoms with Crippen molar-refractivity contribution < 1.29 is 9.90 Å². The number of amides is 1. The Morgan fingerprint density at radius 1 is 1.33 bits per heavy atom. The van der Waals surface area contributed by atoms with Crippen molar-refractivity contribution >= 4 is 5.91 Å². The van der Waals surface area contributed by atoms with Crippen LogP contribution in [-0.4, -0.2) is 35.1 Å². The first-order valence-electron chi connectivity index (χ1n) is 7.51. The lowest BCUT2D eigenvalue weighted by Crippen LogP contribution is -2.46. The molecule has 1 saturated heterocycles. The molecular weight excluding hydrogens is 226 g/mol. The van der Waals surface area contributed by atoms with Gasteiger partial charge in [0.2, 0.25) is 5.91 Å². The zero-order valence-electron chi connectivity index (χ0n) is 11.8. The lowest BCUT2D eigenvalue weighted by molar-refractivity contribution is -0.144. The fourth-order valence-electron chi connectivity index (χ4n) is 3.94. The monoisotopic (exact) mass is 253 g/mol. The number of carbonyl (C=O) groups is 1. The Morgan fingerprint density at radius 3 is 2.56 bits per heavy atom. The Balaban J connectivity index is 2.13. The molecule has 1 N–H and O–H groups in total. The number of likely N-dealkylation sites (tertiary alicyclic amines) is 1. The van der Waals surface area contributed by atoms with E-state index in [9.17, 15) is 9.90 Å². The van der Waals surface area contributed by atoms with E-state index in [1.54, 1.807) is 0 Å². The molecule has 0 bridgehead atoms. The Morgan fingerprint density at radius 2 is 2.00 bits per heavy atom. The quantitative estimate of drug-likeness (QED) is 0.836. The van der Waals surface area contributed by atoms with Gasteiger partial charge in [-0.2, -0.15) is 0 Å². The average molecular weight is 253 g/mol.